The monoisotopic (exact) mass is 249 g/mol. The van der Waals surface area contributed by atoms with Gasteiger partial charge >= 0.3 is 6.18 Å². The van der Waals surface area contributed by atoms with Gasteiger partial charge in [0.2, 0.25) is 0 Å². The van der Waals surface area contributed by atoms with Gasteiger partial charge in [-0.3, -0.25) is 4.99 Å². The lowest BCUT2D eigenvalue weighted by Gasteiger charge is -2.09. The molecule has 0 saturated heterocycles. The summed E-state index contributed by atoms with van der Waals surface area (Å²) in [4.78, 5) is 4.03. The van der Waals surface area contributed by atoms with Gasteiger partial charge in [0.05, 0.1) is 11.3 Å². The van der Waals surface area contributed by atoms with Gasteiger partial charge in [0, 0.05) is 11.8 Å². The van der Waals surface area contributed by atoms with Gasteiger partial charge in [-0.05, 0) is 18.2 Å². The lowest BCUT2D eigenvalue weighted by atomic mass is 10.1. The summed E-state index contributed by atoms with van der Waals surface area (Å²) in [5.41, 5.74) is 0.00742. The van der Waals surface area contributed by atoms with Gasteiger partial charge in [-0.2, -0.15) is 13.2 Å². The summed E-state index contributed by atoms with van der Waals surface area (Å²) in [6.45, 7) is 0. The van der Waals surface area contributed by atoms with Crippen molar-refractivity contribution in [3.8, 4) is 0 Å². The topological polar surface area (TPSA) is 12.4 Å². The van der Waals surface area contributed by atoms with Gasteiger partial charge in [0.15, 0.2) is 0 Å². The normalized spacial score (nSPS) is 11.9. The van der Waals surface area contributed by atoms with Crippen molar-refractivity contribution < 1.29 is 13.2 Å². The lowest BCUT2D eigenvalue weighted by Crippen LogP contribution is -2.08. The van der Waals surface area contributed by atoms with Gasteiger partial charge in [-0.15, -0.1) is 0 Å². The molecule has 2 aromatic rings. The number of nitrogens with zero attached hydrogens (tertiary/aromatic N) is 1. The fraction of sp³-hybridized carbons (Fsp3) is 0.0714. The zero-order valence-corrected chi connectivity index (χ0v) is 9.35. The van der Waals surface area contributed by atoms with Gasteiger partial charge in [-0.25, -0.2) is 0 Å². The number of halogens is 3. The highest BCUT2D eigenvalue weighted by Gasteiger charge is 2.32. The minimum Gasteiger partial charge on any atom is -0.256 e. The van der Waals surface area contributed by atoms with Gasteiger partial charge in [0.25, 0.3) is 0 Å². The van der Waals surface area contributed by atoms with Crippen LogP contribution in [-0.4, -0.2) is 6.21 Å². The Bertz CT molecular complexity index is 544. The SMILES string of the molecule is FC(F)(F)c1ccccc1/C=N\c1ccccc1. The summed E-state index contributed by atoms with van der Waals surface area (Å²) >= 11 is 0. The summed E-state index contributed by atoms with van der Waals surface area (Å²) in [7, 11) is 0. The van der Waals surface area contributed by atoms with Crippen LogP contribution in [0.2, 0.25) is 0 Å². The van der Waals surface area contributed by atoms with Crippen LogP contribution in [0.15, 0.2) is 59.6 Å². The molecule has 0 spiro atoms. The van der Waals surface area contributed by atoms with Crippen LogP contribution in [0.3, 0.4) is 0 Å². The molecule has 1 nitrogen and oxygen atoms in total. The van der Waals surface area contributed by atoms with E-state index in [4.69, 9.17) is 0 Å². The average Bonchev–Trinajstić information content (AvgIpc) is 2.37. The highest BCUT2D eigenvalue weighted by Crippen LogP contribution is 2.31. The van der Waals surface area contributed by atoms with Crippen LogP contribution in [0.25, 0.3) is 0 Å². The number of aliphatic imine (C=N–C) groups is 1. The van der Waals surface area contributed by atoms with Crippen LogP contribution in [0, 0.1) is 0 Å². The fourth-order valence-corrected chi connectivity index (χ4v) is 1.53. The number of alkyl halides is 3. The third kappa shape index (κ3) is 2.97. The van der Waals surface area contributed by atoms with Crippen LogP contribution in [0.5, 0.6) is 0 Å². The van der Waals surface area contributed by atoms with Crippen molar-refractivity contribution in [2.75, 3.05) is 0 Å². The van der Waals surface area contributed by atoms with Crippen LogP contribution in [0.4, 0.5) is 18.9 Å². The van der Waals surface area contributed by atoms with Crippen LogP contribution >= 0.6 is 0 Å². The number of para-hydroxylation sites is 1. The number of rotatable bonds is 2. The van der Waals surface area contributed by atoms with Crippen LogP contribution in [-0.2, 0) is 6.18 Å². The molecule has 0 fully saturated rings. The highest BCUT2D eigenvalue weighted by atomic mass is 19.4. The van der Waals surface area contributed by atoms with Gasteiger partial charge in [-0.1, -0.05) is 36.4 Å². The molecule has 0 aliphatic carbocycles. The summed E-state index contributed by atoms with van der Waals surface area (Å²) in [5.74, 6) is 0. The standard InChI is InChI=1S/C14H10F3N/c15-14(16,17)13-9-5-4-6-11(13)10-18-12-7-2-1-3-8-12/h1-10H/b18-10-. The number of hydrogen-bond donors (Lipinski definition) is 0. The maximum atomic E-state index is 12.7. The molecule has 0 aliphatic heterocycles. The summed E-state index contributed by atoms with van der Waals surface area (Å²) in [6.07, 6.45) is -3.13. The molecule has 0 saturated carbocycles. The molecule has 4 heteroatoms. The lowest BCUT2D eigenvalue weighted by molar-refractivity contribution is -0.137. The van der Waals surface area contributed by atoms with Crippen molar-refractivity contribution in [3.05, 3.63) is 65.7 Å². The molecule has 0 bridgehead atoms. The molecule has 0 heterocycles. The van der Waals surface area contributed by atoms with E-state index in [9.17, 15) is 13.2 Å². The highest BCUT2D eigenvalue weighted by molar-refractivity contribution is 5.84. The Morgan fingerprint density at radius 1 is 0.833 bits per heavy atom. The Kier molecular flexibility index (Phi) is 3.46. The van der Waals surface area contributed by atoms with Crippen molar-refractivity contribution in [3.63, 3.8) is 0 Å². The largest absolute Gasteiger partial charge is 0.417 e. The predicted octanol–water partition coefficient (Wildman–Crippen LogP) is 4.46. The second kappa shape index (κ2) is 5.04. The first-order valence-electron chi connectivity index (χ1n) is 5.33. The van der Waals surface area contributed by atoms with Crippen molar-refractivity contribution in [2.45, 2.75) is 6.18 Å². The molecule has 0 N–H and O–H groups in total. The Hall–Kier alpha value is -2.10. The van der Waals surface area contributed by atoms with E-state index in [-0.39, 0.29) is 5.56 Å². The molecule has 0 aliphatic rings. The Morgan fingerprint density at radius 3 is 2.11 bits per heavy atom. The van der Waals surface area contributed by atoms with E-state index < -0.39 is 11.7 Å². The molecular formula is C14H10F3N. The first kappa shape index (κ1) is 12.4. The molecule has 18 heavy (non-hydrogen) atoms. The van der Waals surface area contributed by atoms with E-state index in [1.165, 1.54) is 18.3 Å². The van der Waals surface area contributed by atoms with E-state index in [0.717, 1.165) is 6.07 Å². The predicted molar refractivity (Wildman–Crippen MR) is 65.1 cm³/mol. The van der Waals surface area contributed by atoms with E-state index in [0.29, 0.717) is 5.69 Å². The van der Waals surface area contributed by atoms with Crippen LogP contribution in [0.1, 0.15) is 11.1 Å². The Morgan fingerprint density at radius 2 is 1.44 bits per heavy atom. The second-order valence-electron chi connectivity index (χ2n) is 3.68. The fourth-order valence-electron chi connectivity index (χ4n) is 1.53. The molecular weight excluding hydrogens is 239 g/mol. The van der Waals surface area contributed by atoms with Gasteiger partial charge < -0.3 is 0 Å². The number of benzene rings is 2. The molecule has 0 unspecified atom stereocenters. The van der Waals surface area contributed by atoms with Crippen molar-refractivity contribution in [1.82, 2.24) is 0 Å². The maximum absolute atomic E-state index is 12.7. The van der Waals surface area contributed by atoms with E-state index >= 15 is 0 Å². The van der Waals surface area contributed by atoms with Crippen molar-refractivity contribution >= 4 is 11.9 Å². The smallest absolute Gasteiger partial charge is 0.256 e. The average molecular weight is 249 g/mol. The number of hydrogen-bond acceptors (Lipinski definition) is 1. The molecule has 2 aromatic carbocycles. The molecule has 2 rings (SSSR count). The van der Waals surface area contributed by atoms with Crippen LogP contribution < -0.4 is 0 Å². The van der Waals surface area contributed by atoms with Gasteiger partial charge in [0.1, 0.15) is 0 Å². The first-order valence-corrected chi connectivity index (χ1v) is 5.33. The first-order chi connectivity index (χ1) is 8.57. The zero-order valence-electron chi connectivity index (χ0n) is 9.35. The van der Waals surface area contributed by atoms with E-state index in [1.54, 1.807) is 30.3 Å². The molecule has 0 amide bonds. The van der Waals surface area contributed by atoms with E-state index in [1.807, 2.05) is 6.07 Å². The minimum atomic E-state index is -4.36. The minimum absolute atomic E-state index is 0.0638. The Labute approximate surface area is 103 Å². The molecule has 0 atom stereocenters. The van der Waals surface area contributed by atoms with Crippen molar-refractivity contribution in [1.29, 1.82) is 0 Å². The third-order valence-electron chi connectivity index (χ3n) is 2.38. The Balaban J connectivity index is 2.33. The molecule has 0 aromatic heterocycles. The quantitative estimate of drug-likeness (QED) is 0.697. The van der Waals surface area contributed by atoms with Crippen molar-refractivity contribution in [2.24, 2.45) is 4.99 Å². The molecule has 92 valence electrons. The van der Waals surface area contributed by atoms with E-state index in [2.05, 4.69) is 4.99 Å². The molecule has 0 radical (unpaired) electrons. The summed E-state index contributed by atoms with van der Waals surface area (Å²) in [6, 6.07) is 14.2. The zero-order chi connectivity index (χ0) is 13.0. The summed E-state index contributed by atoms with van der Waals surface area (Å²) in [5, 5.41) is 0. The maximum Gasteiger partial charge on any atom is 0.417 e. The second-order valence-corrected chi connectivity index (χ2v) is 3.68. The third-order valence-corrected chi connectivity index (χ3v) is 2.38. The summed E-state index contributed by atoms with van der Waals surface area (Å²) < 4.78 is 38.1.